The van der Waals surface area contributed by atoms with Gasteiger partial charge in [-0.3, -0.25) is 9.89 Å². The predicted molar refractivity (Wildman–Crippen MR) is 73.8 cm³/mol. The van der Waals surface area contributed by atoms with Crippen molar-refractivity contribution in [2.45, 2.75) is 18.7 Å². The Hall–Kier alpha value is -1.82. The molecule has 2 aromatic rings. The van der Waals surface area contributed by atoms with Crippen LogP contribution in [0, 0.1) is 19.7 Å². The second kappa shape index (κ2) is 5.88. The third-order valence-corrected chi connectivity index (χ3v) is 3.59. The van der Waals surface area contributed by atoms with Gasteiger partial charge in [0.2, 0.25) is 5.91 Å². The molecule has 0 fully saturated rings. The first-order valence-electron chi connectivity index (χ1n) is 5.76. The number of thioether (sulfide) groups is 1. The average molecular weight is 279 g/mol. The van der Waals surface area contributed by atoms with Gasteiger partial charge in [0.1, 0.15) is 5.82 Å². The minimum atomic E-state index is -0.279. The highest BCUT2D eigenvalue weighted by atomic mass is 32.2. The van der Waals surface area contributed by atoms with Crippen LogP contribution < -0.4 is 5.32 Å². The van der Waals surface area contributed by atoms with Gasteiger partial charge in [0, 0.05) is 4.90 Å². The summed E-state index contributed by atoms with van der Waals surface area (Å²) in [7, 11) is 0. The van der Waals surface area contributed by atoms with Crippen molar-refractivity contribution in [3.05, 3.63) is 41.5 Å². The van der Waals surface area contributed by atoms with Gasteiger partial charge in [0.25, 0.3) is 0 Å². The number of aryl methyl sites for hydroxylation is 2. The minimum absolute atomic E-state index is 0.109. The van der Waals surface area contributed by atoms with E-state index in [0.717, 1.165) is 22.0 Å². The van der Waals surface area contributed by atoms with E-state index in [1.54, 1.807) is 12.1 Å². The van der Waals surface area contributed by atoms with Gasteiger partial charge in [0.05, 0.1) is 22.8 Å². The molecule has 0 spiro atoms. The van der Waals surface area contributed by atoms with E-state index in [0.29, 0.717) is 0 Å². The Morgan fingerprint density at radius 1 is 1.37 bits per heavy atom. The van der Waals surface area contributed by atoms with Crippen LogP contribution >= 0.6 is 11.8 Å². The summed E-state index contributed by atoms with van der Waals surface area (Å²) in [5, 5.41) is 9.63. The third kappa shape index (κ3) is 3.57. The third-order valence-electron chi connectivity index (χ3n) is 2.58. The van der Waals surface area contributed by atoms with Crippen molar-refractivity contribution in [1.29, 1.82) is 0 Å². The summed E-state index contributed by atoms with van der Waals surface area (Å²) >= 11 is 1.36. The van der Waals surface area contributed by atoms with E-state index in [2.05, 4.69) is 15.5 Å². The van der Waals surface area contributed by atoms with Crippen molar-refractivity contribution >= 4 is 23.4 Å². The summed E-state index contributed by atoms with van der Waals surface area (Å²) in [5.41, 5.74) is 2.32. The van der Waals surface area contributed by atoms with Crippen LogP contribution in [0.3, 0.4) is 0 Å². The maximum absolute atomic E-state index is 12.7. The summed E-state index contributed by atoms with van der Waals surface area (Å²) < 4.78 is 12.7. The molecule has 6 heteroatoms. The molecule has 2 N–H and O–H groups in total. The van der Waals surface area contributed by atoms with Gasteiger partial charge in [0.15, 0.2) is 0 Å². The lowest BCUT2D eigenvalue weighted by Crippen LogP contribution is -2.14. The van der Waals surface area contributed by atoms with Crippen LogP contribution in [0.15, 0.2) is 29.2 Å². The van der Waals surface area contributed by atoms with E-state index in [1.165, 1.54) is 23.9 Å². The molecule has 0 radical (unpaired) electrons. The fourth-order valence-corrected chi connectivity index (χ4v) is 2.29. The highest BCUT2D eigenvalue weighted by molar-refractivity contribution is 8.00. The summed E-state index contributed by atoms with van der Waals surface area (Å²) in [4.78, 5) is 12.7. The van der Waals surface area contributed by atoms with Crippen LogP contribution in [0.5, 0.6) is 0 Å². The number of anilines is 1. The Kier molecular flexibility index (Phi) is 4.21. The van der Waals surface area contributed by atoms with Gasteiger partial charge in [-0.2, -0.15) is 5.10 Å². The molecule has 19 heavy (non-hydrogen) atoms. The number of H-pyrrole nitrogens is 1. The molecule has 4 nitrogen and oxygen atoms in total. The monoisotopic (exact) mass is 279 g/mol. The van der Waals surface area contributed by atoms with E-state index in [1.807, 2.05) is 13.8 Å². The first-order valence-corrected chi connectivity index (χ1v) is 6.74. The molecule has 0 aliphatic carbocycles. The van der Waals surface area contributed by atoms with Crippen LogP contribution in [0.2, 0.25) is 0 Å². The van der Waals surface area contributed by atoms with E-state index in [-0.39, 0.29) is 17.5 Å². The van der Waals surface area contributed by atoms with Crippen molar-refractivity contribution in [1.82, 2.24) is 10.2 Å². The predicted octanol–water partition coefficient (Wildman–Crippen LogP) is 2.90. The second-order valence-corrected chi connectivity index (χ2v) is 5.15. The fourth-order valence-electron chi connectivity index (χ4n) is 1.59. The molecule has 0 unspecified atom stereocenters. The fraction of sp³-hybridized carbons (Fsp3) is 0.231. The summed E-state index contributed by atoms with van der Waals surface area (Å²) in [5.74, 6) is -0.115. The maximum Gasteiger partial charge on any atom is 0.234 e. The van der Waals surface area contributed by atoms with E-state index >= 15 is 0 Å². The van der Waals surface area contributed by atoms with Gasteiger partial charge >= 0.3 is 0 Å². The van der Waals surface area contributed by atoms with Crippen molar-refractivity contribution in [3.63, 3.8) is 0 Å². The second-order valence-electron chi connectivity index (χ2n) is 4.10. The number of rotatable bonds is 4. The largest absolute Gasteiger partial charge is 0.322 e. The van der Waals surface area contributed by atoms with E-state index in [9.17, 15) is 9.18 Å². The Morgan fingerprint density at radius 2 is 2.05 bits per heavy atom. The number of aromatic amines is 1. The van der Waals surface area contributed by atoms with Crippen LogP contribution in [0.25, 0.3) is 0 Å². The maximum atomic E-state index is 12.7. The number of carbonyl (C=O) groups is 1. The van der Waals surface area contributed by atoms with Crippen LogP contribution in [0.1, 0.15) is 11.4 Å². The number of aromatic nitrogens is 2. The van der Waals surface area contributed by atoms with E-state index in [4.69, 9.17) is 0 Å². The number of nitrogens with one attached hydrogen (secondary N) is 2. The molecule has 0 saturated carbocycles. The number of hydrogen-bond acceptors (Lipinski definition) is 3. The Balaban J connectivity index is 1.90. The average Bonchev–Trinajstić information content (AvgIpc) is 2.70. The number of amides is 1. The quantitative estimate of drug-likeness (QED) is 0.846. The standard InChI is InChI=1S/C13H14FN3OS/c1-8-13(9(2)17-16-8)15-12(18)7-19-11-5-3-10(14)4-6-11/h3-6H,7H2,1-2H3,(H,15,18)(H,16,17). The molecule has 0 saturated heterocycles. The minimum Gasteiger partial charge on any atom is -0.322 e. The molecule has 100 valence electrons. The number of hydrogen-bond donors (Lipinski definition) is 2. The number of benzene rings is 1. The van der Waals surface area contributed by atoms with Crippen LogP contribution in [-0.4, -0.2) is 21.9 Å². The lowest BCUT2D eigenvalue weighted by atomic mass is 10.3. The SMILES string of the molecule is Cc1n[nH]c(C)c1NC(=O)CSc1ccc(F)cc1. The molecule has 0 aliphatic rings. The number of halogens is 1. The van der Waals surface area contributed by atoms with Crippen molar-refractivity contribution in [2.75, 3.05) is 11.1 Å². The first-order chi connectivity index (χ1) is 9.06. The van der Waals surface area contributed by atoms with Crippen molar-refractivity contribution in [2.24, 2.45) is 0 Å². The van der Waals surface area contributed by atoms with Gasteiger partial charge in [-0.1, -0.05) is 0 Å². The highest BCUT2D eigenvalue weighted by Crippen LogP contribution is 2.20. The van der Waals surface area contributed by atoms with Gasteiger partial charge in [-0.25, -0.2) is 4.39 Å². The Labute approximate surface area is 114 Å². The summed E-state index contributed by atoms with van der Waals surface area (Å²) in [6.07, 6.45) is 0. The van der Waals surface area contributed by atoms with Gasteiger partial charge in [-0.15, -0.1) is 11.8 Å². The zero-order valence-corrected chi connectivity index (χ0v) is 11.5. The molecule has 1 amide bonds. The topological polar surface area (TPSA) is 57.8 Å². The van der Waals surface area contributed by atoms with E-state index < -0.39 is 0 Å². The first kappa shape index (κ1) is 13.6. The zero-order chi connectivity index (χ0) is 13.8. The molecular formula is C13H14FN3OS. The van der Waals surface area contributed by atoms with Crippen molar-refractivity contribution < 1.29 is 9.18 Å². The zero-order valence-electron chi connectivity index (χ0n) is 10.7. The molecular weight excluding hydrogens is 265 g/mol. The molecule has 2 rings (SSSR count). The molecule has 0 atom stereocenters. The molecule has 0 bridgehead atoms. The summed E-state index contributed by atoms with van der Waals surface area (Å²) in [6.45, 7) is 3.68. The molecule has 0 aliphatic heterocycles. The molecule has 1 aromatic heterocycles. The Morgan fingerprint density at radius 3 is 2.63 bits per heavy atom. The number of nitrogens with zero attached hydrogens (tertiary/aromatic N) is 1. The molecule has 1 aromatic carbocycles. The smallest absolute Gasteiger partial charge is 0.234 e. The van der Waals surface area contributed by atoms with Gasteiger partial charge in [-0.05, 0) is 38.1 Å². The van der Waals surface area contributed by atoms with Crippen LogP contribution in [-0.2, 0) is 4.79 Å². The highest BCUT2D eigenvalue weighted by Gasteiger charge is 2.10. The van der Waals surface area contributed by atoms with Crippen LogP contribution in [0.4, 0.5) is 10.1 Å². The Bertz CT molecular complexity index is 561. The molecule has 1 heterocycles. The lowest BCUT2D eigenvalue weighted by molar-refractivity contribution is -0.113. The number of carbonyl (C=O) groups excluding carboxylic acids is 1. The summed E-state index contributed by atoms with van der Waals surface area (Å²) in [6, 6.07) is 6.07. The van der Waals surface area contributed by atoms with Crippen molar-refractivity contribution in [3.8, 4) is 0 Å². The lowest BCUT2D eigenvalue weighted by Gasteiger charge is -2.05. The van der Waals surface area contributed by atoms with Gasteiger partial charge < -0.3 is 5.32 Å². The normalized spacial score (nSPS) is 10.5.